The average molecular weight is 453 g/mol. The average Bonchev–Trinajstić information content (AvgIpc) is 3.47. The second-order valence-electron chi connectivity index (χ2n) is 8.10. The van der Waals surface area contributed by atoms with Crippen LogP contribution in [0.4, 0.5) is 4.39 Å². The van der Waals surface area contributed by atoms with Crippen molar-refractivity contribution >= 4 is 17.7 Å². The van der Waals surface area contributed by atoms with Crippen LogP contribution in [0.25, 0.3) is 0 Å². The van der Waals surface area contributed by atoms with Crippen LogP contribution >= 0.6 is 0 Å². The highest BCUT2D eigenvalue weighted by Gasteiger charge is 2.46. The molecule has 9 nitrogen and oxygen atoms in total. The van der Waals surface area contributed by atoms with Crippen LogP contribution in [0.2, 0.25) is 0 Å². The molecule has 0 bridgehead atoms. The number of rotatable bonds is 7. The molecule has 0 saturated heterocycles. The summed E-state index contributed by atoms with van der Waals surface area (Å²) in [4.78, 5) is 39.8. The van der Waals surface area contributed by atoms with Crippen LogP contribution < -0.4 is 10.6 Å². The molecule has 0 spiro atoms. The minimum atomic E-state index is -1.22. The van der Waals surface area contributed by atoms with E-state index in [-0.39, 0.29) is 36.2 Å². The Balaban J connectivity index is 1.43. The zero-order valence-electron chi connectivity index (χ0n) is 18.3. The van der Waals surface area contributed by atoms with Gasteiger partial charge in [0.05, 0.1) is 12.8 Å². The van der Waals surface area contributed by atoms with Crippen LogP contribution in [0, 0.1) is 5.82 Å². The number of halogens is 1. The molecule has 0 fully saturated rings. The molecule has 10 heteroatoms. The molecule has 0 saturated carbocycles. The predicted octanol–water partition coefficient (Wildman–Crippen LogP) is 1.75. The minimum absolute atomic E-state index is 0.0828. The predicted molar refractivity (Wildman–Crippen MR) is 116 cm³/mol. The molecule has 172 valence electrons. The molecule has 4 rings (SSSR count). The first-order chi connectivity index (χ1) is 15.8. The number of hydrogen-bond donors (Lipinski definition) is 2. The third kappa shape index (κ3) is 4.50. The van der Waals surface area contributed by atoms with E-state index in [2.05, 4.69) is 15.7 Å². The SMILES string of the molecule is CN1C(=O)c2cc(C(=O)NCCc3ccco3)nn2CC1(C)C(=O)NCc1ccc(F)cc1. The van der Waals surface area contributed by atoms with E-state index in [1.165, 1.54) is 27.8 Å². The van der Waals surface area contributed by atoms with E-state index in [9.17, 15) is 18.8 Å². The molecule has 1 unspecified atom stereocenters. The molecular weight excluding hydrogens is 429 g/mol. The van der Waals surface area contributed by atoms with Crippen molar-refractivity contribution in [2.75, 3.05) is 13.6 Å². The van der Waals surface area contributed by atoms with Crippen molar-refractivity contribution in [1.82, 2.24) is 25.3 Å². The van der Waals surface area contributed by atoms with Crippen LogP contribution in [0.5, 0.6) is 0 Å². The number of hydrogen-bond acceptors (Lipinski definition) is 5. The summed E-state index contributed by atoms with van der Waals surface area (Å²) < 4.78 is 19.7. The van der Waals surface area contributed by atoms with E-state index < -0.39 is 17.4 Å². The first-order valence-electron chi connectivity index (χ1n) is 10.5. The van der Waals surface area contributed by atoms with E-state index in [0.717, 1.165) is 11.3 Å². The maximum Gasteiger partial charge on any atom is 0.272 e. The molecule has 1 aliphatic heterocycles. The summed E-state index contributed by atoms with van der Waals surface area (Å²) >= 11 is 0. The Morgan fingerprint density at radius 1 is 1.21 bits per heavy atom. The van der Waals surface area contributed by atoms with Crippen molar-refractivity contribution in [2.45, 2.75) is 32.0 Å². The minimum Gasteiger partial charge on any atom is -0.469 e. The standard InChI is InChI=1S/C23H24FN5O4/c1-23(22(32)26-13-15-5-7-16(24)8-6-15)14-29-19(21(31)28(23)2)12-18(27-29)20(30)25-10-9-17-4-3-11-33-17/h3-8,11-12H,9-10,13-14H2,1-2H3,(H,25,30)(H,26,32). The van der Waals surface area contributed by atoms with Gasteiger partial charge in [-0.25, -0.2) is 4.39 Å². The molecule has 0 aliphatic carbocycles. The molecule has 3 amide bonds. The molecule has 1 atom stereocenters. The van der Waals surface area contributed by atoms with Gasteiger partial charge >= 0.3 is 0 Å². The largest absolute Gasteiger partial charge is 0.469 e. The van der Waals surface area contributed by atoms with Gasteiger partial charge in [-0.1, -0.05) is 12.1 Å². The number of nitrogens with one attached hydrogen (secondary N) is 2. The van der Waals surface area contributed by atoms with Crippen molar-refractivity contribution in [3.63, 3.8) is 0 Å². The number of furan rings is 1. The monoisotopic (exact) mass is 453 g/mol. The summed E-state index contributed by atoms with van der Waals surface area (Å²) in [5, 5.41) is 9.82. The van der Waals surface area contributed by atoms with Crippen LogP contribution in [0.15, 0.2) is 53.1 Å². The third-order valence-electron chi connectivity index (χ3n) is 5.83. The van der Waals surface area contributed by atoms with E-state index in [4.69, 9.17) is 4.42 Å². The molecule has 3 aromatic rings. The zero-order chi connectivity index (χ0) is 23.6. The Kier molecular flexibility index (Phi) is 5.99. The summed E-state index contributed by atoms with van der Waals surface area (Å²) in [6.45, 7) is 2.26. The fourth-order valence-corrected chi connectivity index (χ4v) is 3.66. The van der Waals surface area contributed by atoms with E-state index >= 15 is 0 Å². The Labute approximate surface area is 189 Å². The fourth-order valence-electron chi connectivity index (χ4n) is 3.66. The summed E-state index contributed by atoms with van der Waals surface area (Å²) in [5.74, 6) is -0.821. The molecule has 1 aromatic carbocycles. The van der Waals surface area contributed by atoms with Crippen LogP contribution in [0.1, 0.15) is 39.2 Å². The lowest BCUT2D eigenvalue weighted by Crippen LogP contribution is -2.62. The number of benzene rings is 1. The number of carbonyl (C=O) groups excluding carboxylic acids is 3. The van der Waals surface area contributed by atoms with Crippen LogP contribution in [-0.2, 0) is 24.3 Å². The van der Waals surface area contributed by atoms with E-state index in [0.29, 0.717) is 13.0 Å². The first-order valence-corrected chi connectivity index (χ1v) is 10.5. The quantitative estimate of drug-likeness (QED) is 0.567. The number of aromatic nitrogens is 2. The van der Waals surface area contributed by atoms with Crippen molar-refractivity contribution in [3.05, 3.63) is 77.3 Å². The van der Waals surface area contributed by atoms with Gasteiger partial charge < -0.3 is 20.0 Å². The number of nitrogens with zero attached hydrogens (tertiary/aromatic N) is 3. The number of likely N-dealkylation sites (N-methyl/N-ethyl adjacent to an activating group) is 1. The topological polar surface area (TPSA) is 109 Å². The lowest BCUT2D eigenvalue weighted by Gasteiger charge is -2.40. The first kappa shape index (κ1) is 22.3. The van der Waals surface area contributed by atoms with Gasteiger partial charge in [0.2, 0.25) is 5.91 Å². The lowest BCUT2D eigenvalue weighted by molar-refractivity contribution is -0.132. The number of carbonyl (C=O) groups is 3. The second kappa shape index (κ2) is 8.89. The summed E-state index contributed by atoms with van der Waals surface area (Å²) in [6, 6.07) is 10.8. The Morgan fingerprint density at radius 2 is 1.97 bits per heavy atom. The molecule has 3 heterocycles. The molecule has 2 N–H and O–H groups in total. The van der Waals surface area contributed by atoms with Crippen LogP contribution in [-0.4, -0.2) is 51.5 Å². The summed E-state index contributed by atoms with van der Waals surface area (Å²) in [7, 11) is 1.54. The van der Waals surface area contributed by atoms with E-state index in [1.807, 2.05) is 6.07 Å². The van der Waals surface area contributed by atoms with Crippen molar-refractivity contribution in [2.24, 2.45) is 0 Å². The Bertz CT molecular complexity index is 1170. The van der Waals surface area contributed by atoms with Crippen molar-refractivity contribution < 1.29 is 23.2 Å². The van der Waals surface area contributed by atoms with Gasteiger partial charge in [-0.3, -0.25) is 19.1 Å². The molecule has 33 heavy (non-hydrogen) atoms. The maximum absolute atomic E-state index is 13.1. The van der Waals surface area contributed by atoms with Gasteiger partial charge in [0.25, 0.3) is 11.8 Å². The van der Waals surface area contributed by atoms with Crippen molar-refractivity contribution in [3.8, 4) is 0 Å². The van der Waals surface area contributed by atoms with Gasteiger partial charge in [-0.15, -0.1) is 0 Å². The highest BCUT2D eigenvalue weighted by molar-refractivity contribution is 6.01. The lowest BCUT2D eigenvalue weighted by atomic mass is 9.96. The number of fused-ring (bicyclic) bond motifs is 1. The highest BCUT2D eigenvalue weighted by atomic mass is 19.1. The van der Waals surface area contributed by atoms with Gasteiger partial charge in [-0.2, -0.15) is 5.10 Å². The van der Waals surface area contributed by atoms with Crippen molar-refractivity contribution in [1.29, 1.82) is 0 Å². The second-order valence-corrected chi connectivity index (χ2v) is 8.10. The normalized spacial score (nSPS) is 17.5. The maximum atomic E-state index is 13.1. The van der Waals surface area contributed by atoms with Gasteiger partial charge in [0, 0.05) is 32.6 Å². The van der Waals surface area contributed by atoms with E-state index in [1.54, 1.807) is 38.4 Å². The molecule has 1 aliphatic rings. The zero-order valence-corrected chi connectivity index (χ0v) is 18.3. The number of amides is 3. The highest BCUT2D eigenvalue weighted by Crippen LogP contribution is 2.26. The molecule has 0 radical (unpaired) electrons. The molecule has 2 aromatic heterocycles. The summed E-state index contributed by atoms with van der Waals surface area (Å²) in [5.41, 5.74) is -0.158. The van der Waals surface area contributed by atoms with Gasteiger partial charge in [-0.05, 0) is 36.8 Å². The van der Waals surface area contributed by atoms with Gasteiger partial charge in [0.15, 0.2) is 5.69 Å². The smallest absolute Gasteiger partial charge is 0.272 e. The third-order valence-corrected chi connectivity index (χ3v) is 5.83. The Hall–Kier alpha value is -3.95. The molecular formula is C23H24FN5O4. The van der Waals surface area contributed by atoms with Gasteiger partial charge in [0.1, 0.15) is 22.8 Å². The summed E-state index contributed by atoms with van der Waals surface area (Å²) in [6.07, 6.45) is 2.09. The fraction of sp³-hybridized carbons (Fsp3) is 0.304. The van der Waals surface area contributed by atoms with Crippen LogP contribution in [0.3, 0.4) is 0 Å². The Morgan fingerprint density at radius 3 is 2.67 bits per heavy atom.